The summed E-state index contributed by atoms with van der Waals surface area (Å²) in [6, 6.07) is 18.5. The largest absolute Gasteiger partial charge is 0.280 e. The minimum atomic E-state index is -0.168. The molecule has 0 spiro atoms. The molecule has 0 saturated carbocycles. The summed E-state index contributed by atoms with van der Waals surface area (Å²) in [5, 5.41) is 11.4. The molecule has 0 N–H and O–H groups in total. The van der Waals surface area contributed by atoms with Gasteiger partial charge in [0.1, 0.15) is 0 Å². The van der Waals surface area contributed by atoms with E-state index < -0.39 is 0 Å². The van der Waals surface area contributed by atoms with E-state index in [4.69, 9.17) is 5.26 Å². The molecule has 2 aromatic carbocycles. The Morgan fingerprint density at radius 3 is 2.56 bits per heavy atom. The number of aromatic nitrogens is 1. The smallest absolute Gasteiger partial charge is 0.260 e. The number of anilines is 1. The highest BCUT2D eigenvalue weighted by atomic mass is 32.1. The van der Waals surface area contributed by atoms with E-state index in [9.17, 15) is 4.79 Å². The molecule has 0 unspecified atom stereocenters. The zero-order valence-corrected chi connectivity index (χ0v) is 14.2. The molecule has 122 valence electrons. The van der Waals surface area contributed by atoms with E-state index in [0.29, 0.717) is 22.8 Å². The topological polar surface area (TPSA) is 57.0 Å². The van der Waals surface area contributed by atoms with Crippen molar-refractivity contribution < 1.29 is 4.79 Å². The van der Waals surface area contributed by atoms with Gasteiger partial charge in [0.15, 0.2) is 5.13 Å². The van der Waals surface area contributed by atoms with Crippen LogP contribution in [0.25, 0.3) is 11.3 Å². The maximum Gasteiger partial charge on any atom is 0.260 e. The number of carbonyl (C=O) groups is 1. The van der Waals surface area contributed by atoms with Crippen LogP contribution in [0.2, 0.25) is 0 Å². The van der Waals surface area contributed by atoms with Crippen LogP contribution in [0.15, 0.2) is 72.6 Å². The molecule has 0 radical (unpaired) electrons. The van der Waals surface area contributed by atoms with E-state index >= 15 is 0 Å². The van der Waals surface area contributed by atoms with Crippen LogP contribution in [0.3, 0.4) is 0 Å². The fraction of sp³-hybridized carbons (Fsp3) is 0.0500. The lowest BCUT2D eigenvalue weighted by Gasteiger charge is -2.18. The van der Waals surface area contributed by atoms with E-state index in [1.807, 2.05) is 41.8 Å². The second-order valence-corrected chi connectivity index (χ2v) is 6.11. The molecule has 0 aliphatic rings. The zero-order valence-electron chi connectivity index (χ0n) is 13.4. The number of carbonyl (C=O) groups excluding carboxylic acids is 1. The lowest BCUT2D eigenvalue weighted by molar-refractivity contribution is 0.0989. The lowest BCUT2D eigenvalue weighted by atomic mass is 10.1. The Hall–Kier alpha value is -3.23. The van der Waals surface area contributed by atoms with Crippen LogP contribution in [0, 0.1) is 11.3 Å². The molecular weight excluding hydrogens is 330 g/mol. The normalized spacial score (nSPS) is 10.0. The van der Waals surface area contributed by atoms with Crippen molar-refractivity contribution in [3.05, 3.63) is 83.8 Å². The molecule has 1 aromatic heterocycles. The van der Waals surface area contributed by atoms with Gasteiger partial charge in [0.05, 0.1) is 17.3 Å². The molecule has 1 heterocycles. The summed E-state index contributed by atoms with van der Waals surface area (Å²) in [6.45, 7) is 4.10. The van der Waals surface area contributed by atoms with Crippen LogP contribution in [-0.4, -0.2) is 17.4 Å². The number of amides is 1. The first kappa shape index (κ1) is 16.6. The van der Waals surface area contributed by atoms with Crippen LogP contribution >= 0.6 is 11.3 Å². The van der Waals surface area contributed by atoms with Crippen molar-refractivity contribution in [3.8, 4) is 17.3 Å². The number of hydrogen-bond donors (Lipinski definition) is 0. The third-order valence-corrected chi connectivity index (χ3v) is 4.47. The second kappa shape index (κ2) is 7.56. The van der Waals surface area contributed by atoms with Gasteiger partial charge in [0, 0.05) is 23.1 Å². The predicted molar refractivity (Wildman–Crippen MR) is 101 cm³/mol. The summed E-state index contributed by atoms with van der Waals surface area (Å²) in [5.74, 6) is -0.168. The summed E-state index contributed by atoms with van der Waals surface area (Å²) < 4.78 is 0. The molecule has 0 aliphatic carbocycles. The number of nitriles is 1. The van der Waals surface area contributed by atoms with Gasteiger partial charge in [-0.2, -0.15) is 5.26 Å². The van der Waals surface area contributed by atoms with Gasteiger partial charge in [-0.25, -0.2) is 4.98 Å². The van der Waals surface area contributed by atoms with Gasteiger partial charge in [-0.05, 0) is 24.3 Å². The Bertz CT molecular complexity index is 924. The van der Waals surface area contributed by atoms with Crippen LogP contribution in [0.4, 0.5) is 5.13 Å². The van der Waals surface area contributed by atoms with Gasteiger partial charge < -0.3 is 0 Å². The maximum atomic E-state index is 12.8. The standard InChI is InChI=1S/C20H15N3OS/c1-2-12-23(19(24)17-10-8-15(13-21)9-11-17)20-22-18(14-25-20)16-6-4-3-5-7-16/h2-11,14H,1,12H2. The van der Waals surface area contributed by atoms with Crippen LogP contribution in [-0.2, 0) is 0 Å². The van der Waals surface area contributed by atoms with Gasteiger partial charge in [-0.15, -0.1) is 17.9 Å². The van der Waals surface area contributed by atoms with Crippen LogP contribution in [0.5, 0.6) is 0 Å². The van der Waals surface area contributed by atoms with Crippen molar-refractivity contribution in [2.75, 3.05) is 11.4 Å². The fourth-order valence-electron chi connectivity index (χ4n) is 2.35. The average Bonchev–Trinajstić information content (AvgIpc) is 3.16. The molecule has 0 saturated heterocycles. The van der Waals surface area contributed by atoms with Gasteiger partial charge in [0.25, 0.3) is 5.91 Å². The number of thiazole rings is 1. The number of rotatable bonds is 5. The van der Waals surface area contributed by atoms with Crippen molar-refractivity contribution in [2.45, 2.75) is 0 Å². The molecule has 1 amide bonds. The second-order valence-electron chi connectivity index (χ2n) is 5.27. The Kier molecular flexibility index (Phi) is 5.03. The van der Waals surface area contributed by atoms with Crippen molar-refractivity contribution in [1.82, 2.24) is 4.98 Å². The molecule has 0 bridgehead atoms. The Labute approximate surface area is 150 Å². The van der Waals surface area contributed by atoms with Crippen LogP contribution < -0.4 is 4.90 Å². The van der Waals surface area contributed by atoms with Gasteiger partial charge in [0.2, 0.25) is 0 Å². The van der Waals surface area contributed by atoms with Gasteiger partial charge in [-0.3, -0.25) is 9.69 Å². The fourth-order valence-corrected chi connectivity index (χ4v) is 3.19. The Morgan fingerprint density at radius 1 is 1.20 bits per heavy atom. The van der Waals surface area contributed by atoms with Crippen molar-refractivity contribution in [2.24, 2.45) is 0 Å². The highest BCUT2D eigenvalue weighted by molar-refractivity contribution is 7.14. The summed E-state index contributed by atoms with van der Waals surface area (Å²) >= 11 is 1.42. The minimum Gasteiger partial charge on any atom is -0.280 e. The van der Waals surface area contributed by atoms with E-state index in [1.54, 1.807) is 35.2 Å². The molecule has 25 heavy (non-hydrogen) atoms. The van der Waals surface area contributed by atoms with E-state index in [-0.39, 0.29) is 5.91 Å². The summed E-state index contributed by atoms with van der Waals surface area (Å²) in [4.78, 5) is 19.0. The molecule has 3 aromatic rings. The SMILES string of the molecule is C=CCN(C(=O)c1ccc(C#N)cc1)c1nc(-c2ccccc2)cs1. The molecule has 5 heteroatoms. The van der Waals surface area contributed by atoms with Crippen molar-refractivity contribution >= 4 is 22.4 Å². The van der Waals surface area contributed by atoms with Crippen molar-refractivity contribution in [3.63, 3.8) is 0 Å². The maximum absolute atomic E-state index is 12.8. The third kappa shape index (κ3) is 3.65. The van der Waals surface area contributed by atoms with E-state index in [1.165, 1.54) is 11.3 Å². The Balaban J connectivity index is 1.90. The first-order valence-corrected chi connectivity index (χ1v) is 8.55. The van der Waals surface area contributed by atoms with Crippen LogP contribution in [0.1, 0.15) is 15.9 Å². The minimum absolute atomic E-state index is 0.168. The molecule has 0 atom stereocenters. The molecule has 0 fully saturated rings. The first-order chi connectivity index (χ1) is 12.2. The summed E-state index contributed by atoms with van der Waals surface area (Å²) in [5.41, 5.74) is 2.88. The number of nitrogens with zero attached hydrogens (tertiary/aromatic N) is 3. The number of hydrogen-bond acceptors (Lipinski definition) is 4. The van der Waals surface area contributed by atoms with E-state index in [0.717, 1.165) is 11.3 Å². The van der Waals surface area contributed by atoms with E-state index in [2.05, 4.69) is 11.6 Å². The number of benzene rings is 2. The third-order valence-electron chi connectivity index (χ3n) is 3.61. The monoisotopic (exact) mass is 345 g/mol. The Morgan fingerprint density at radius 2 is 1.92 bits per heavy atom. The summed E-state index contributed by atoms with van der Waals surface area (Å²) in [6.07, 6.45) is 1.67. The molecular formula is C20H15N3OS. The highest BCUT2D eigenvalue weighted by Crippen LogP contribution is 2.28. The molecule has 4 nitrogen and oxygen atoms in total. The quantitative estimate of drug-likeness (QED) is 0.639. The average molecular weight is 345 g/mol. The molecule has 3 rings (SSSR count). The van der Waals surface area contributed by atoms with Crippen molar-refractivity contribution in [1.29, 1.82) is 5.26 Å². The molecule has 0 aliphatic heterocycles. The van der Waals surface area contributed by atoms with Gasteiger partial charge >= 0.3 is 0 Å². The predicted octanol–water partition coefficient (Wildman–Crippen LogP) is 4.51. The zero-order chi connectivity index (χ0) is 17.6. The van der Waals surface area contributed by atoms with Gasteiger partial charge in [-0.1, -0.05) is 36.4 Å². The highest BCUT2D eigenvalue weighted by Gasteiger charge is 2.20. The first-order valence-electron chi connectivity index (χ1n) is 7.67. The lowest BCUT2D eigenvalue weighted by Crippen LogP contribution is -2.30. The summed E-state index contributed by atoms with van der Waals surface area (Å²) in [7, 11) is 0.